The highest BCUT2D eigenvalue weighted by Gasteiger charge is 2.43. The van der Waals surface area contributed by atoms with E-state index in [1.165, 1.54) is 25.3 Å². The van der Waals surface area contributed by atoms with E-state index in [1.54, 1.807) is 24.4 Å². The number of fused-ring (bicyclic) bond motifs is 2. The lowest BCUT2D eigenvalue weighted by Gasteiger charge is -2.26. The summed E-state index contributed by atoms with van der Waals surface area (Å²) in [6.07, 6.45) is 7.36. The number of amides is 1. The molecule has 6 rings (SSSR count). The highest BCUT2D eigenvalue weighted by Crippen LogP contribution is 2.47. The molecule has 2 aliphatic heterocycles. The highest BCUT2D eigenvalue weighted by molar-refractivity contribution is 9.10. The third-order valence-corrected chi connectivity index (χ3v) is 8.25. The van der Waals surface area contributed by atoms with Crippen molar-refractivity contribution in [1.29, 1.82) is 0 Å². The Kier molecular flexibility index (Phi) is 7.61. The Bertz CT molecular complexity index is 1410. The van der Waals surface area contributed by atoms with Crippen molar-refractivity contribution in [2.24, 2.45) is 16.8 Å². The fourth-order valence-electron chi connectivity index (χ4n) is 5.37. The molecule has 3 aliphatic rings. The smallest absolute Gasteiger partial charge is 0.270 e. The van der Waals surface area contributed by atoms with Crippen molar-refractivity contribution in [1.82, 2.24) is 15.2 Å². The molecule has 7 nitrogen and oxygen atoms in total. The van der Waals surface area contributed by atoms with Gasteiger partial charge in [0.05, 0.1) is 10.2 Å². The first-order chi connectivity index (χ1) is 19.0. The summed E-state index contributed by atoms with van der Waals surface area (Å²) in [6.45, 7) is 3.65. The number of aromatic nitrogens is 1. The summed E-state index contributed by atoms with van der Waals surface area (Å²) in [5, 5.41) is 6.32. The van der Waals surface area contributed by atoms with E-state index in [1.807, 2.05) is 18.2 Å². The predicted molar refractivity (Wildman–Crippen MR) is 153 cm³/mol. The number of hydrogen-bond acceptors (Lipinski definition) is 6. The molecule has 9 heteroatoms. The minimum absolute atomic E-state index is 0.205. The van der Waals surface area contributed by atoms with E-state index in [-0.39, 0.29) is 11.7 Å². The van der Waals surface area contributed by atoms with E-state index in [0.29, 0.717) is 45.7 Å². The number of carbonyl (C=O) groups excluding carboxylic acids is 1. The average molecular weight is 593 g/mol. The van der Waals surface area contributed by atoms with Gasteiger partial charge in [-0.15, -0.1) is 0 Å². The van der Waals surface area contributed by atoms with Gasteiger partial charge in [0.1, 0.15) is 28.8 Å². The number of nitrogens with zero attached hydrogens (tertiary/aromatic N) is 3. The third kappa shape index (κ3) is 6.31. The topological polar surface area (TPSA) is 78.9 Å². The van der Waals surface area contributed by atoms with Gasteiger partial charge < -0.3 is 20.3 Å². The van der Waals surface area contributed by atoms with E-state index >= 15 is 0 Å². The molecule has 0 spiro atoms. The summed E-state index contributed by atoms with van der Waals surface area (Å²) in [5.74, 6) is 2.36. The molecular formula is C30H31BrFN5O2. The summed E-state index contributed by atoms with van der Waals surface area (Å²) in [4.78, 5) is 24.2. The van der Waals surface area contributed by atoms with Crippen LogP contribution in [0.4, 0.5) is 15.8 Å². The maximum Gasteiger partial charge on any atom is 0.270 e. The van der Waals surface area contributed by atoms with Crippen LogP contribution in [0.2, 0.25) is 0 Å². The molecule has 1 saturated heterocycles. The molecule has 2 N–H and O–H groups in total. The quantitative estimate of drug-likeness (QED) is 0.336. The van der Waals surface area contributed by atoms with Gasteiger partial charge in [-0.25, -0.2) is 9.38 Å². The van der Waals surface area contributed by atoms with Gasteiger partial charge in [-0.05, 0) is 96.5 Å². The molecule has 39 heavy (non-hydrogen) atoms. The zero-order chi connectivity index (χ0) is 26.8. The number of hydrogen-bond donors (Lipinski definition) is 2. The number of likely N-dealkylation sites (tertiary alicyclic amines) is 1. The van der Waals surface area contributed by atoms with Crippen LogP contribution in [0.3, 0.4) is 0 Å². The first kappa shape index (κ1) is 26.0. The van der Waals surface area contributed by atoms with Crippen LogP contribution in [0.1, 0.15) is 41.7 Å². The lowest BCUT2D eigenvalue weighted by atomic mass is 10.1. The first-order valence-electron chi connectivity index (χ1n) is 13.6. The lowest BCUT2D eigenvalue weighted by Crippen LogP contribution is -2.37. The molecule has 2 atom stereocenters. The fraction of sp³-hybridized carbons (Fsp3) is 0.367. The molecule has 0 bridgehead atoms. The number of pyridine rings is 1. The Labute approximate surface area is 236 Å². The number of amidine groups is 1. The van der Waals surface area contributed by atoms with Gasteiger partial charge in [0.25, 0.3) is 5.91 Å². The van der Waals surface area contributed by atoms with Crippen LogP contribution < -0.4 is 15.4 Å². The molecule has 2 unspecified atom stereocenters. The molecule has 1 aliphatic carbocycles. The molecule has 1 amide bonds. The van der Waals surface area contributed by atoms with Crippen LogP contribution in [0, 0.1) is 17.7 Å². The Morgan fingerprint density at radius 3 is 2.77 bits per heavy atom. The van der Waals surface area contributed by atoms with Gasteiger partial charge in [-0.2, -0.15) is 0 Å². The van der Waals surface area contributed by atoms with Crippen molar-refractivity contribution < 1.29 is 13.9 Å². The predicted octanol–water partition coefficient (Wildman–Crippen LogP) is 6.33. The largest absolute Gasteiger partial charge is 0.457 e. The zero-order valence-corrected chi connectivity index (χ0v) is 23.2. The number of halogens is 2. The van der Waals surface area contributed by atoms with Crippen molar-refractivity contribution in [3.05, 3.63) is 76.3 Å². The van der Waals surface area contributed by atoms with E-state index in [0.717, 1.165) is 49.6 Å². The number of aliphatic imine (C=N–C) groups is 1. The van der Waals surface area contributed by atoms with Crippen LogP contribution in [-0.4, -0.2) is 47.8 Å². The number of carbonyl (C=O) groups is 1. The molecule has 1 saturated carbocycles. The molecule has 2 fully saturated rings. The Morgan fingerprint density at radius 1 is 1.08 bits per heavy atom. The third-order valence-electron chi connectivity index (χ3n) is 7.61. The SMILES string of the molecule is O=C(NCCN1CCCCC1)c1cc(Oc2ccc3c(c2)N=C(Nc2ccc(Br)c(F)c2)C2CC2C3)ccn1. The van der Waals surface area contributed by atoms with Gasteiger partial charge in [-0.3, -0.25) is 9.78 Å². The summed E-state index contributed by atoms with van der Waals surface area (Å²) < 4.78 is 20.6. The maximum absolute atomic E-state index is 14.1. The first-order valence-corrected chi connectivity index (χ1v) is 14.4. The molecule has 0 radical (unpaired) electrons. The van der Waals surface area contributed by atoms with Gasteiger partial charge in [0, 0.05) is 43.0 Å². The molecule has 3 aromatic rings. The van der Waals surface area contributed by atoms with Crippen LogP contribution >= 0.6 is 15.9 Å². The van der Waals surface area contributed by atoms with E-state index in [2.05, 4.69) is 42.5 Å². The minimum atomic E-state index is -0.315. The maximum atomic E-state index is 14.1. The van der Waals surface area contributed by atoms with Crippen molar-refractivity contribution in [3.8, 4) is 11.5 Å². The number of rotatable bonds is 7. The van der Waals surface area contributed by atoms with E-state index < -0.39 is 0 Å². The fourth-order valence-corrected chi connectivity index (χ4v) is 5.61. The van der Waals surface area contributed by atoms with Crippen molar-refractivity contribution in [2.75, 3.05) is 31.5 Å². The lowest BCUT2D eigenvalue weighted by molar-refractivity contribution is 0.0941. The second kappa shape index (κ2) is 11.4. The van der Waals surface area contributed by atoms with Gasteiger partial charge in [0.2, 0.25) is 0 Å². The van der Waals surface area contributed by atoms with E-state index in [9.17, 15) is 9.18 Å². The molecular weight excluding hydrogens is 561 g/mol. The summed E-state index contributed by atoms with van der Waals surface area (Å²) >= 11 is 3.21. The number of ether oxygens (including phenoxy) is 1. The summed E-state index contributed by atoms with van der Waals surface area (Å²) in [6, 6.07) is 14.3. The highest BCUT2D eigenvalue weighted by atomic mass is 79.9. The molecule has 1 aromatic heterocycles. The second-order valence-electron chi connectivity index (χ2n) is 10.5. The van der Waals surface area contributed by atoms with Crippen LogP contribution in [0.15, 0.2) is 64.2 Å². The van der Waals surface area contributed by atoms with Crippen molar-refractivity contribution in [2.45, 2.75) is 32.1 Å². The average Bonchev–Trinajstić information content (AvgIpc) is 3.72. The zero-order valence-electron chi connectivity index (χ0n) is 21.6. The second-order valence-corrected chi connectivity index (χ2v) is 11.3. The monoisotopic (exact) mass is 591 g/mol. The Hall–Kier alpha value is -3.30. The minimum Gasteiger partial charge on any atom is -0.457 e. The number of anilines is 1. The number of piperidine rings is 1. The van der Waals surface area contributed by atoms with Crippen molar-refractivity contribution in [3.63, 3.8) is 0 Å². The number of nitrogens with one attached hydrogen (secondary N) is 2. The van der Waals surface area contributed by atoms with Gasteiger partial charge >= 0.3 is 0 Å². The molecule has 2 aromatic carbocycles. The molecule has 202 valence electrons. The van der Waals surface area contributed by atoms with Gasteiger partial charge in [-0.1, -0.05) is 12.5 Å². The van der Waals surface area contributed by atoms with Gasteiger partial charge in [0.15, 0.2) is 0 Å². The molecule has 3 heterocycles. The van der Waals surface area contributed by atoms with Crippen LogP contribution in [-0.2, 0) is 6.42 Å². The Balaban J connectivity index is 1.13. The summed E-state index contributed by atoms with van der Waals surface area (Å²) in [5.41, 5.74) is 3.00. The van der Waals surface area contributed by atoms with E-state index in [4.69, 9.17) is 9.73 Å². The van der Waals surface area contributed by atoms with Crippen LogP contribution in [0.5, 0.6) is 11.5 Å². The van der Waals surface area contributed by atoms with Crippen molar-refractivity contribution >= 4 is 39.0 Å². The summed E-state index contributed by atoms with van der Waals surface area (Å²) in [7, 11) is 0. The number of benzene rings is 2. The Morgan fingerprint density at radius 2 is 1.92 bits per heavy atom. The van der Waals surface area contributed by atoms with Crippen LogP contribution in [0.25, 0.3) is 0 Å². The normalized spacial score (nSPS) is 20.2. The standard InChI is InChI=1S/C30H31BrFN5O2/c31-25-7-5-21(16-26(25)32)35-29-24-15-20(24)14-19-4-6-22(17-27(19)36-29)39-23-8-9-33-28(18-23)30(38)34-10-13-37-11-2-1-3-12-37/h4-9,16-18,20,24H,1-3,10-15H2,(H,34,38)(H,35,36).